The van der Waals surface area contributed by atoms with Gasteiger partial charge in [0.05, 0.1) is 12.6 Å². The molecule has 122 valence electrons. The molecule has 0 unspecified atom stereocenters. The predicted octanol–water partition coefficient (Wildman–Crippen LogP) is 3.35. The van der Waals surface area contributed by atoms with Crippen LogP contribution < -0.4 is 0 Å². The van der Waals surface area contributed by atoms with Crippen LogP contribution in [0.25, 0.3) is 0 Å². The lowest BCUT2D eigenvalue weighted by atomic mass is 9.94. The molecule has 23 heavy (non-hydrogen) atoms. The van der Waals surface area contributed by atoms with Gasteiger partial charge in [-0.25, -0.2) is 0 Å². The summed E-state index contributed by atoms with van der Waals surface area (Å²) in [6, 6.07) is 8.11. The highest BCUT2D eigenvalue weighted by Crippen LogP contribution is 2.35. The first kappa shape index (κ1) is 16.4. The number of terminal acetylenes is 1. The number of carbonyl (C=O) groups is 1. The summed E-state index contributed by atoms with van der Waals surface area (Å²) >= 11 is 6.12. The lowest BCUT2D eigenvalue weighted by Crippen LogP contribution is -2.42. The fraction of sp³-hybridized carbons (Fsp3) is 0.526. The number of benzene rings is 1. The first-order chi connectivity index (χ1) is 11.2. The molecule has 0 saturated carbocycles. The van der Waals surface area contributed by atoms with Crippen molar-refractivity contribution in [1.82, 2.24) is 9.80 Å². The maximum Gasteiger partial charge on any atom is 0.226 e. The van der Waals surface area contributed by atoms with Gasteiger partial charge in [-0.05, 0) is 56.5 Å². The summed E-state index contributed by atoms with van der Waals surface area (Å²) < 4.78 is 0. The Balaban J connectivity index is 1.66. The monoisotopic (exact) mass is 330 g/mol. The van der Waals surface area contributed by atoms with E-state index < -0.39 is 0 Å². The molecule has 0 bridgehead atoms. The summed E-state index contributed by atoms with van der Waals surface area (Å²) in [5.74, 6) is 3.14. The minimum absolute atomic E-state index is 0.142. The Hall–Kier alpha value is -1.50. The van der Waals surface area contributed by atoms with Crippen molar-refractivity contribution in [1.29, 1.82) is 0 Å². The topological polar surface area (TPSA) is 23.6 Å². The third kappa shape index (κ3) is 3.71. The molecule has 2 saturated heterocycles. The van der Waals surface area contributed by atoms with E-state index in [4.69, 9.17) is 18.0 Å². The Bertz CT molecular complexity index is 602. The van der Waals surface area contributed by atoms with Gasteiger partial charge in [0, 0.05) is 17.5 Å². The molecule has 0 N–H and O–H groups in total. The average Bonchev–Trinajstić information content (AvgIpc) is 3.05. The molecule has 0 aliphatic carbocycles. The minimum Gasteiger partial charge on any atom is -0.335 e. The lowest BCUT2D eigenvalue weighted by molar-refractivity contribution is -0.138. The van der Waals surface area contributed by atoms with Crippen molar-refractivity contribution in [3.63, 3.8) is 0 Å². The lowest BCUT2D eigenvalue weighted by Gasteiger charge is -2.34. The zero-order valence-corrected chi connectivity index (χ0v) is 14.1. The third-order valence-corrected chi connectivity index (χ3v) is 5.26. The Kier molecular flexibility index (Phi) is 5.25. The molecule has 0 radical (unpaired) electrons. The number of likely N-dealkylation sites (tertiary alicyclic amines) is 2. The van der Waals surface area contributed by atoms with Crippen molar-refractivity contribution in [2.45, 2.75) is 31.7 Å². The van der Waals surface area contributed by atoms with E-state index in [1.54, 1.807) is 0 Å². The van der Waals surface area contributed by atoms with Crippen LogP contribution in [0.1, 0.15) is 37.3 Å². The van der Waals surface area contributed by atoms with Crippen LogP contribution in [0.5, 0.6) is 0 Å². The third-order valence-electron chi connectivity index (χ3n) is 5.02. The zero-order chi connectivity index (χ0) is 16.2. The largest absolute Gasteiger partial charge is 0.335 e. The van der Waals surface area contributed by atoms with Gasteiger partial charge < -0.3 is 4.90 Å². The van der Waals surface area contributed by atoms with Gasteiger partial charge in [0.25, 0.3) is 0 Å². The number of halogens is 1. The molecule has 3 nitrogen and oxygen atoms in total. The molecule has 2 aliphatic rings. The van der Waals surface area contributed by atoms with Crippen LogP contribution in [0.4, 0.5) is 0 Å². The van der Waals surface area contributed by atoms with E-state index in [1.165, 1.54) is 0 Å². The van der Waals surface area contributed by atoms with Crippen molar-refractivity contribution < 1.29 is 4.79 Å². The van der Waals surface area contributed by atoms with Gasteiger partial charge in [0.15, 0.2) is 0 Å². The van der Waals surface area contributed by atoms with Crippen LogP contribution in [0, 0.1) is 18.3 Å². The van der Waals surface area contributed by atoms with Crippen LogP contribution in [-0.2, 0) is 4.79 Å². The van der Waals surface area contributed by atoms with E-state index in [-0.39, 0.29) is 12.0 Å². The highest BCUT2D eigenvalue weighted by molar-refractivity contribution is 6.30. The van der Waals surface area contributed by atoms with Gasteiger partial charge in [0.1, 0.15) is 0 Å². The van der Waals surface area contributed by atoms with Gasteiger partial charge >= 0.3 is 0 Å². The molecule has 1 amide bonds. The van der Waals surface area contributed by atoms with Crippen LogP contribution in [0.2, 0.25) is 5.02 Å². The number of amides is 1. The number of carbonyl (C=O) groups excluding carboxylic acids is 1. The first-order valence-electron chi connectivity index (χ1n) is 8.41. The van der Waals surface area contributed by atoms with Crippen molar-refractivity contribution in [3.8, 4) is 12.3 Å². The van der Waals surface area contributed by atoms with Crippen LogP contribution in [-0.4, -0.2) is 41.9 Å². The second-order valence-electron chi connectivity index (χ2n) is 6.50. The molecular weight excluding hydrogens is 308 g/mol. The number of hydrogen-bond acceptors (Lipinski definition) is 2. The molecule has 2 heterocycles. The minimum atomic E-state index is 0.142. The predicted molar refractivity (Wildman–Crippen MR) is 93.1 cm³/mol. The molecule has 3 rings (SSSR count). The van der Waals surface area contributed by atoms with Crippen LogP contribution in [0.3, 0.4) is 0 Å². The van der Waals surface area contributed by atoms with E-state index in [0.29, 0.717) is 12.5 Å². The molecule has 4 heteroatoms. The van der Waals surface area contributed by atoms with E-state index in [9.17, 15) is 4.79 Å². The number of piperidine rings is 1. The molecule has 0 aromatic heterocycles. The molecule has 2 aliphatic heterocycles. The fourth-order valence-electron chi connectivity index (χ4n) is 3.79. The van der Waals surface area contributed by atoms with Crippen LogP contribution in [0.15, 0.2) is 24.3 Å². The first-order valence-corrected chi connectivity index (χ1v) is 8.78. The number of rotatable bonds is 3. The maximum atomic E-state index is 13.0. The van der Waals surface area contributed by atoms with Crippen LogP contribution >= 0.6 is 11.6 Å². The highest BCUT2D eigenvalue weighted by atomic mass is 35.5. The van der Waals surface area contributed by atoms with Crippen molar-refractivity contribution in [3.05, 3.63) is 34.9 Å². The Morgan fingerprint density at radius 2 is 2.04 bits per heavy atom. The summed E-state index contributed by atoms with van der Waals surface area (Å²) in [4.78, 5) is 17.3. The summed E-state index contributed by atoms with van der Waals surface area (Å²) in [5, 5.41) is 0.740. The molecule has 1 aromatic carbocycles. The molecule has 2 fully saturated rings. The van der Waals surface area contributed by atoms with E-state index in [2.05, 4.69) is 21.8 Å². The highest BCUT2D eigenvalue weighted by Gasteiger charge is 2.35. The SMILES string of the molecule is C#CCN1CCC(C(=O)N2CCC[C@H]2c2cccc(Cl)c2)CC1. The fourth-order valence-corrected chi connectivity index (χ4v) is 3.99. The van der Waals surface area contributed by atoms with Crippen molar-refractivity contribution >= 4 is 17.5 Å². The summed E-state index contributed by atoms with van der Waals surface area (Å²) in [6.45, 7) is 3.41. The van der Waals surface area contributed by atoms with Crippen molar-refractivity contribution in [2.24, 2.45) is 5.92 Å². The molecule has 0 spiro atoms. The Morgan fingerprint density at radius 1 is 1.26 bits per heavy atom. The zero-order valence-electron chi connectivity index (χ0n) is 13.4. The number of hydrogen-bond donors (Lipinski definition) is 0. The molecule has 1 atom stereocenters. The van der Waals surface area contributed by atoms with E-state index in [1.807, 2.05) is 18.2 Å². The van der Waals surface area contributed by atoms with Crippen molar-refractivity contribution in [2.75, 3.05) is 26.2 Å². The summed E-state index contributed by atoms with van der Waals surface area (Å²) in [5.41, 5.74) is 1.16. The van der Waals surface area contributed by atoms with Gasteiger partial charge in [-0.2, -0.15) is 0 Å². The van der Waals surface area contributed by atoms with Gasteiger partial charge in [-0.3, -0.25) is 9.69 Å². The molecule has 1 aromatic rings. The quantitative estimate of drug-likeness (QED) is 0.793. The molecular formula is C19H23ClN2O. The smallest absolute Gasteiger partial charge is 0.226 e. The average molecular weight is 331 g/mol. The normalized spacial score (nSPS) is 23.0. The van der Waals surface area contributed by atoms with Gasteiger partial charge in [0.2, 0.25) is 5.91 Å². The second-order valence-corrected chi connectivity index (χ2v) is 6.94. The Morgan fingerprint density at radius 3 is 2.74 bits per heavy atom. The van der Waals surface area contributed by atoms with E-state index in [0.717, 1.165) is 55.9 Å². The second kappa shape index (κ2) is 7.38. The van der Waals surface area contributed by atoms with E-state index >= 15 is 0 Å². The Labute approximate surface area is 143 Å². The standard InChI is InChI=1S/C19H23ClN2O/c1-2-10-21-12-8-15(9-13-21)19(23)22-11-4-7-18(22)16-5-3-6-17(20)14-16/h1,3,5-6,14-15,18H,4,7-13H2/t18-/m0/s1. The number of nitrogens with zero attached hydrogens (tertiary/aromatic N) is 2. The van der Waals surface area contributed by atoms with Gasteiger partial charge in [-0.1, -0.05) is 29.7 Å². The van der Waals surface area contributed by atoms with Gasteiger partial charge in [-0.15, -0.1) is 6.42 Å². The summed E-state index contributed by atoms with van der Waals surface area (Å²) in [7, 11) is 0. The summed E-state index contributed by atoms with van der Waals surface area (Å²) in [6.07, 6.45) is 9.30. The maximum absolute atomic E-state index is 13.0.